The molecule has 0 saturated heterocycles. The average molecular weight is 277 g/mol. The maximum absolute atomic E-state index is 7.54. The van der Waals surface area contributed by atoms with Gasteiger partial charge in [-0.25, -0.2) is 0 Å². The van der Waals surface area contributed by atoms with Crippen molar-refractivity contribution >= 4 is 23.3 Å². The summed E-state index contributed by atoms with van der Waals surface area (Å²) in [6, 6.07) is 3.96. The molecule has 1 heterocycles. The van der Waals surface area contributed by atoms with Gasteiger partial charge in [-0.1, -0.05) is 6.08 Å². The summed E-state index contributed by atoms with van der Waals surface area (Å²) in [4.78, 5) is 5.56. The highest BCUT2D eigenvalue weighted by atomic mass is 32.1. The van der Waals surface area contributed by atoms with E-state index in [2.05, 4.69) is 16.9 Å². The Morgan fingerprint density at radius 1 is 1.53 bits per heavy atom. The van der Waals surface area contributed by atoms with E-state index in [0.29, 0.717) is 18.2 Å². The zero-order valence-electron chi connectivity index (χ0n) is 10.8. The highest BCUT2D eigenvalue weighted by Crippen LogP contribution is 2.02. The van der Waals surface area contributed by atoms with Crippen LogP contribution in [-0.4, -0.2) is 34.0 Å². The van der Waals surface area contributed by atoms with Gasteiger partial charge in [0.1, 0.15) is 0 Å². The van der Waals surface area contributed by atoms with Gasteiger partial charge in [-0.15, -0.1) is 6.58 Å². The Balaban J connectivity index is 2.44. The quantitative estimate of drug-likeness (QED) is 0.316. The molecule has 0 radical (unpaired) electrons. The summed E-state index contributed by atoms with van der Waals surface area (Å²) < 4.78 is 0. The van der Waals surface area contributed by atoms with Crippen LogP contribution in [0.3, 0.4) is 0 Å². The molecule has 1 aromatic rings. The van der Waals surface area contributed by atoms with Crippen molar-refractivity contribution in [1.29, 1.82) is 5.41 Å². The third-order valence-electron chi connectivity index (χ3n) is 2.53. The zero-order chi connectivity index (χ0) is 14.1. The molecular weight excluding hydrogens is 258 g/mol. The minimum atomic E-state index is -0.0451. The van der Waals surface area contributed by atoms with E-state index in [1.807, 2.05) is 12.1 Å². The molecule has 0 saturated carbocycles. The van der Waals surface area contributed by atoms with Crippen LogP contribution in [0.5, 0.6) is 0 Å². The molecule has 0 spiro atoms. The number of pyridine rings is 1. The second-order valence-corrected chi connectivity index (χ2v) is 4.36. The lowest BCUT2D eigenvalue weighted by Gasteiger charge is -2.23. The summed E-state index contributed by atoms with van der Waals surface area (Å²) in [5.41, 5.74) is 6.75. The van der Waals surface area contributed by atoms with E-state index in [1.165, 1.54) is 5.56 Å². The minimum absolute atomic E-state index is 0.0451. The van der Waals surface area contributed by atoms with Crippen LogP contribution < -0.4 is 11.1 Å². The van der Waals surface area contributed by atoms with Crippen molar-refractivity contribution < 1.29 is 0 Å². The van der Waals surface area contributed by atoms with Gasteiger partial charge in [-0.2, -0.15) is 0 Å². The molecule has 6 heteroatoms. The number of hydrogen-bond acceptors (Lipinski definition) is 3. The van der Waals surface area contributed by atoms with Crippen molar-refractivity contribution in [2.24, 2.45) is 5.73 Å². The molecule has 19 heavy (non-hydrogen) atoms. The van der Waals surface area contributed by atoms with Gasteiger partial charge in [0.25, 0.3) is 0 Å². The Morgan fingerprint density at radius 3 is 2.79 bits per heavy atom. The lowest BCUT2D eigenvalue weighted by Crippen LogP contribution is -2.47. The predicted octanol–water partition coefficient (Wildman–Crippen LogP) is 1.27. The van der Waals surface area contributed by atoms with E-state index in [-0.39, 0.29) is 5.96 Å². The maximum Gasteiger partial charge on any atom is 0.194 e. The largest absolute Gasteiger partial charge is 0.370 e. The Labute approximate surface area is 119 Å². The van der Waals surface area contributed by atoms with Gasteiger partial charge in [-0.3, -0.25) is 15.3 Å². The maximum atomic E-state index is 7.54. The van der Waals surface area contributed by atoms with Crippen LogP contribution >= 0.6 is 12.2 Å². The van der Waals surface area contributed by atoms with Gasteiger partial charge in [0.05, 0.1) is 0 Å². The van der Waals surface area contributed by atoms with Crippen molar-refractivity contribution in [2.45, 2.75) is 12.8 Å². The molecule has 102 valence electrons. The molecule has 0 atom stereocenters. The molecule has 1 aromatic heterocycles. The molecule has 0 aliphatic carbocycles. The van der Waals surface area contributed by atoms with Gasteiger partial charge in [0.15, 0.2) is 11.1 Å². The summed E-state index contributed by atoms with van der Waals surface area (Å²) in [7, 11) is 0. The highest BCUT2D eigenvalue weighted by molar-refractivity contribution is 7.80. The van der Waals surface area contributed by atoms with Gasteiger partial charge < -0.3 is 11.1 Å². The third-order valence-corrected chi connectivity index (χ3v) is 2.89. The number of aryl methyl sites for hydroxylation is 1. The number of hydrogen-bond donors (Lipinski definition) is 3. The highest BCUT2D eigenvalue weighted by Gasteiger charge is 2.11. The first-order valence-electron chi connectivity index (χ1n) is 6.04. The molecule has 0 aliphatic heterocycles. The van der Waals surface area contributed by atoms with E-state index < -0.39 is 0 Å². The van der Waals surface area contributed by atoms with Gasteiger partial charge >= 0.3 is 0 Å². The minimum Gasteiger partial charge on any atom is -0.370 e. The normalized spacial score (nSPS) is 9.68. The van der Waals surface area contributed by atoms with Gasteiger partial charge in [0.2, 0.25) is 0 Å². The summed E-state index contributed by atoms with van der Waals surface area (Å²) in [6.07, 6.45) is 7.01. The molecule has 0 aromatic carbocycles. The average Bonchev–Trinajstić information content (AvgIpc) is 2.41. The molecule has 0 aliphatic rings. The SMILES string of the molecule is C=CCNC(=S)N(CCCc1ccncc1)C(=N)N. The Morgan fingerprint density at radius 2 is 2.21 bits per heavy atom. The van der Waals surface area contributed by atoms with Gasteiger partial charge in [0, 0.05) is 25.5 Å². The summed E-state index contributed by atoms with van der Waals surface area (Å²) in [6.45, 7) is 4.78. The Bertz CT molecular complexity index is 432. The summed E-state index contributed by atoms with van der Waals surface area (Å²) >= 11 is 5.18. The van der Waals surface area contributed by atoms with Crippen LogP contribution in [0.2, 0.25) is 0 Å². The number of nitrogens with two attached hydrogens (primary N) is 1. The molecular formula is C13H19N5S. The van der Waals surface area contributed by atoms with Crippen LogP contribution in [0.1, 0.15) is 12.0 Å². The number of rotatable bonds is 6. The van der Waals surface area contributed by atoms with E-state index in [4.69, 9.17) is 23.4 Å². The summed E-state index contributed by atoms with van der Waals surface area (Å²) in [5, 5.41) is 11.0. The van der Waals surface area contributed by atoms with E-state index in [9.17, 15) is 0 Å². The molecule has 1 rings (SSSR count). The van der Waals surface area contributed by atoms with E-state index >= 15 is 0 Å². The summed E-state index contributed by atoms with van der Waals surface area (Å²) in [5.74, 6) is -0.0451. The lowest BCUT2D eigenvalue weighted by molar-refractivity contribution is 0.557. The monoisotopic (exact) mass is 277 g/mol. The second-order valence-electron chi connectivity index (χ2n) is 3.97. The second kappa shape index (κ2) is 8.20. The van der Waals surface area contributed by atoms with Crippen LogP contribution in [0.25, 0.3) is 0 Å². The van der Waals surface area contributed by atoms with Crippen molar-refractivity contribution in [3.8, 4) is 0 Å². The molecule has 4 N–H and O–H groups in total. The van der Waals surface area contributed by atoms with Crippen molar-refractivity contribution in [3.05, 3.63) is 42.7 Å². The third kappa shape index (κ3) is 5.48. The standard InChI is InChI=1S/C13H19N5S/c1-2-7-17-13(19)18(12(14)15)10-3-4-11-5-8-16-9-6-11/h2,5-6,8-9H,1,3-4,7,10H2,(H3,14,15)(H,17,19). The molecule has 0 unspecified atom stereocenters. The molecule has 5 nitrogen and oxygen atoms in total. The van der Waals surface area contributed by atoms with E-state index in [1.54, 1.807) is 23.4 Å². The number of aromatic nitrogens is 1. The first-order valence-corrected chi connectivity index (χ1v) is 6.45. The molecule has 0 fully saturated rings. The van der Waals surface area contributed by atoms with Crippen molar-refractivity contribution in [3.63, 3.8) is 0 Å². The smallest absolute Gasteiger partial charge is 0.194 e. The Kier molecular flexibility index (Phi) is 6.52. The first-order chi connectivity index (χ1) is 9.15. The fraction of sp³-hybridized carbons (Fsp3) is 0.308. The van der Waals surface area contributed by atoms with Crippen molar-refractivity contribution in [1.82, 2.24) is 15.2 Å². The first kappa shape index (κ1) is 15.1. The van der Waals surface area contributed by atoms with Crippen LogP contribution in [0, 0.1) is 5.41 Å². The number of nitrogens with one attached hydrogen (secondary N) is 2. The van der Waals surface area contributed by atoms with Gasteiger partial charge in [-0.05, 0) is 42.8 Å². The van der Waals surface area contributed by atoms with Crippen LogP contribution in [-0.2, 0) is 6.42 Å². The fourth-order valence-corrected chi connectivity index (χ4v) is 1.85. The predicted molar refractivity (Wildman–Crippen MR) is 82.0 cm³/mol. The van der Waals surface area contributed by atoms with Crippen LogP contribution in [0.15, 0.2) is 37.2 Å². The number of nitrogens with zero attached hydrogens (tertiary/aromatic N) is 2. The van der Waals surface area contributed by atoms with Crippen molar-refractivity contribution in [2.75, 3.05) is 13.1 Å². The Hall–Kier alpha value is -1.95. The van der Waals surface area contributed by atoms with Crippen LogP contribution in [0.4, 0.5) is 0 Å². The topological polar surface area (TPSA) is 78.0 Å². The number of thiocarbonyl (C=S) groups is 1. The fourth-order valence-electron chi connectivity index (χ4n) is 1.58. The molecule has 0 amide bonds. The van der Waals surface area contributed by atoms with E-state index in [0.717, 1.165) is 12.8 Å². The molecule has 0 bridgehead atoms. The lowest BCUT2D eigenvalue weighted by atomic mass is 10.1. The number of guanidine groups is 1. The zero-order valence-corrected chi connectivity index (χ0v) is 11.6.